The summed E-state index contributed by atoms with van der Waals surface area (Å²) in [5, 5.41) is 18.5. The van der Waals surface area contributed by atoms with Crippen molar-refractivity contribution < 1.29 is 5.11 Å². The fourth-order valence-electron chi connectivity index (χ4n) is 8.68. The zero-order chi connectivity index (χ0) is 21.5. The second-order valence-corrected chi connectivity index (χ2v) is 12.0. The number of benzene rings is 1. The van der Waals surface area contributed by atoms with E-state index >= 15 is 0 Å². The van der Waals surface area contributed by atoms with Crippen LogP contribution in [0, 0.1) is 34.5 Å². The predicted molar refractivity (Wildman–Crippen MR) is 127 cm³/mol. The van der Waals surface area contributed by atoms with Crippen molar-refractivity contribution in [3.8, 4) is 0 Å². The van der Waals surface area contributed by atoms with Gasteiger partial charge in [0.05, 0.1) is 17.8 Å². The first kappa shape index (κ1) is 20.3. The first-order chi connectivity index (χ1) is 14.8. The normalized spacial score (nSPS) is 45.9. The van der Waals surface area contributed by atoms with E-state index in [1.807, 2.05) is 12.1 Å². The Morgan fingerprint density at radius 3 is 2.61 bits per heavy atom. The third-order valence-corrected chi connectivity index (χ3v) is 10.5. The maximum Gasteiger partial charge on any atom is 0.0598 e. The summed E-state index contributed by atoms with van der Waals surface area (Å²) in [5.74, 6) is 2.85. The van der Waals surface area contributed by atoms with Gasteiger partial charge in [0, 0.05) is 16.7 Å². The summed E-state index contributed by atoms with van der Waals surface area (Å²) in [4.78, 5) is 0. The number of nitrogens with zero attached hydrogens (tertiary/aromatic N) is 2. The van der Waals surface area contributed by atoms with E-state index in [9.17, 15) is 5.11 Å². The number of aliphatic hydroxyl groups excluding tert-OH is 1. The fraction of sp³-hybridized carbons (Fsp3) is 0.667. The molecule has 8 atom stereocenters. The van der Waals surface area contributed by atoms with Gasteiger partial charge in [-0.15, -0.1) is 0 Å². The van der Waals surface area contributed by atoms with Gasteiger partial charge in [0.15, 0.2) is 0 Å². The molecule has 31 heavy (non-hydrogen) atoms. The van der Waals surface area contributed by atoms with Gasteiger partial charge in [-0.05, 0) is 105 Å². The van der Waals surface area contributed by atoms with Crippen LogP contribution in [0.5, 0.6) is 0 Å². The number of aliphatic hydroxyl groups is 1. The molecule has 3 nitrogen and oxygen atoms in total. The second kappa shape index (κ2) is 6.84. The van der Waals surface area contributed by atoms with Crippen molar-refractivity contribution in [3.05, 3.63) is 40.9 Å². The molecule has 0 unspecified atom stereocenters. The third kappa shape index (κ3) is 2.78. The van der Waals surface area contributed by atoms with E-state index in [4.69, 9.17) is 16.7 Å². The molecule has 0 saturated heterocycles. The summed E-state index contributed by atoms with van der Waals surface area (Å²) >= 11 is 6.12. The molecule has 1 aromatic rings. The van der Waals surface area contributed by atoms with Crippen molar-refractivity contribution in [3.63, 3.8) is 0 Å². The monoisotopic (exact) mass is 438 g/mol. The molecule has 1 aliphatic heterocycles. The van der Waals surface area contributed by atoms with Crippen molar-refractivity contribution in [1.82, 2.24) is 0 Å². The van der Waals surface area contributed by atoms with Crippen LogP contribution in [-0.2, 0) is 0 Å². The molecule has 1 heterocycles. The van der Waals surface area contributed by atoms with E-state index in [0.29, 0.717) is 22.8 Å². The lowest BCUT2D eigenvalue weighted by Gasteiger charge is -2.58. The van der Waals surface area contributed by atoms with Gasteiger partial charge >= 0.3 is 0 Å². The van der Waals surface area contributed by atoms with Crippen molar-refractivity contribution >= 4 is 23.0 Å². The molecule has 0 aromatic heterocycles. The highest BCUT2D eigenvalue weighted by Gasteiger charge is 2.63. The summed E-state index contributed by atoms with van der Waals surface area (Å²) in [5.41, 5.74) is 4.81. The largest absolute Gasteiger partial charge is 0.393 e. The van der Waals surface area contributed by atoms with Crippen molar-refractivity contribution in [1.29, 1.82) is 0 Å². The van der Waals surface area contributed by atoms with E-state index in [1.54, 1.807) is 5.57 Å². The number of rotatable bonds is 1. The van der Waals surface area contributed by atoms with E-state index in [2.05, 4.69) is 44.0 Å². The number of fused-ring (bicyclic) bond motifs is 7. The lowest BCUT2D eigenvalue weighted by atomic mass is 9.47. The van der Waals surface area contributed by atoms with Crippen LogP contribution in [-0.4, -0.2) is 23.0 Å². The third-order valence-electron chi connectivity index (χ3n) is 10.2. The maximum atomic E-state index is 10.3. The van der Waals surface area contributed by atoms with Crippen LogP contribution in [0.4, 0.5) is 5.69 Å². The topological polar surface area (TPSA) is 35.8 Å². The number of anilines is 1. The molecule has 0 spiro atoms. The summed E-state index contributed by atoms with van der Waals surface area (Å²) in [6, 6.07) is 8.56. The zero-order valence-corrected chi connectivity index (χ0v) is 19.8. The first-order valence-electron chi connectivity index (χ1n) is 12.3. The number of hydrazone groups is 1. The van der Waals surface area contributed by atoms with E-state index in [1.165, 1.54) is 31.4 Å². The average Bonchev–Trinajstić information content (AvgIpc) is 3.23. The quantitative estimate of drug-likeness (QED) is 0.511. The van der Waals surface area contributed by atoms with Gasteiger partial charge in [-0.1, -0.05) is 37.1 Å². The molecule has 5 aliphatic rings. The van der Waals surface area contributed by atoms with Crippen LogP contribution in [0.1, 0.15) is 65.7 Å². The summed E-state index contributed by atoms with van der Waals surface area (Å²) in [6.45, 7) is 7.47. The Morgan fingerprint density at radius 1 is 1.06 bits per heavy atom. The van der Waals surface area contributed by atoms with Crippen LogP contribution < -0.4 is 5.01 Å². The van der Waals surface area contributed by atoms with Crippen LogP contribution in [0.25, 0.3) is 0 Å². The predicted octanol–water partition coefficient (Wildman–Crippen LogP) is 6.45. The Hall–Kier alpha value is -1.32. The van der Waals surface area contributed by atoms with Crippen LogP contribution in [0.3, 0.4) is 0 Å². The molecule has 6 rings (SSSR count). The van der Waals surface area contributed by atoms with Gasteiger partial charge in [-0.3, -0.25) is 5.01 Å². The van der Waals surface area contributed by atoms with Gasteiger partial charge in [0.1, 0.15) is 0 Å². The number of hydrogen-bond acceptors (Lipinski definition) is 3. The van der Waals surface area contributed by atoms with Gasteiger partial charge in [-0.25, -0.2) is 0 Å². The molecule has 3 saturated carbocycles. The molecular weight excluding hydrogens is 404 g/mol. The lowest BCUT2D eigenvalue weighted by Crippen LogP contribution is -2.52. The Bertz CT molecular complexity index is 954. The highest BCUT2D eigenvalue weighted by atomic mass is 35.5. The van der Waals surface area contributed by atoms with Gasteiger partial charge in [-0.2, -0.15) is 5.10 Å². The lowest BCUT2D eigenvalue weighted by molar-refractivity contribution is -0.0509. The molecule has 4 aliphatic carbocycles. The Labute approximate surface area is 191 Å². The van der Waals surface area contributed by atoms with Crippen molar-refractivity contribution in [2.24, 2.45) is 39.6 Å². The minimum absolute atomic E-state index is 0.121. The minimum Gasteiger partial charge on any atom is -0.393 e. The molecule has 1 aromatic carbocycles. The van der Waals surface area contributed by atoms with Crippen LogP contribution in [0.15, 0.2) is 41.0 Å². The SMILES string of the molecule is C[C@H]1[C@H]2C(=NN1c1ccc(Cl)cc1)C[C@H]1[C@@H]3CC=C4C[C@@H](O)CC[C@]4(C)[C@H]3CC[C@]21C. The van der Waals surface area contributed by atoms with Crippen molar-refractivity contribution in [2.75, 3.05) is 5.01 Å². The maximum absolute atomic E-state index is 10.3. The Balaban J connectivity index is 1.32. The van der Waals surface area contributed by atoms with Gasteiger partial charge in [0.25, 0.3) is 0 Å². The van der Waals surface area contributed by atoms with Crippen LogP contribution >= 0.6 is 11.6 Å². The Kier molecular flexibility index (Phi) is 4.48. The molecule has 1 N–H and O–H groups in total. The zero-order valence-electron chi connectivity index (χ0n) is 19.0. The molecule has 0 radical (unpaired) electrons. The number of allylic oxidation sites excluding steroid dienone is 1. The number of hydrogen-bond donors (Lipinski definition) is 1. The highest BCUT2D eigenvalue weighted by Crippen LogP contribution is 2.67. The van der Waals surface area contributed by atoms with Gasteiger partial charge in [0.2, 0.25) is 0 Å². The summed E-state index contributed by atoms with van der Waals surface area (Å²) < 4.78 is 0. The van der Waals surface area contributed by atoms with Gasteiger partial charge < -0.3 is 5.11 Å². The first-order valence-corrected chi connectivity index (χ1v) is 12.7. The summed E-state index contributed by atoms with van der Waals surface area (Å²) in [6.07, 6.45) is 10.5. The molecule has 0 bridgehead atoms. The highest BCUT2D eigenvalue weighted by molar-refractivity contribution is 6.30. The molecule has 166 valence electrons. The molecule has 3 fully saturated rings. The summed E-state index contributed by atoms with van der Waals surface area (Å²) in [7, 11) is 0. The van der Waals surface area contributed by atoms with E-state index in [-0.39, 0.29) is 6.10 Å². The standard InChI is InChI=1S/C27H35ClN2O/c1-16-25-24(29-30(16)19-7-5-18(28)6-8-19)15-23-21-9-4-17-14-20(31)10-12-26(17,2)22(21)11-13-27(23,25)3/h4-8,16,20-23,25,31H,9-15H2,1-3H3/t16-,20-,21+,22-,23-,25-,26-,27-/m0/s1. The molecule has 4 heteroatoms. The van der Waals surface area contributed by atoms with Crippen molar-refractivity contribution in [2.45, 2.75) is 77.9 Å². The fourth-order valence-corrected chi connectivity index (χ4v) is 8.81. The number of halogens is 1. The molecular formula is C27H35ClN2O. The molecule has 0 amide bonds. The Morgan fingerprint density at radius 2 is 1.84 bits per heavy atom. The smallest absolute Gasteiger partial charge is 0.0598 e. The average molecular weight is 439 g/mol. The van der Waals surface area contributed by atoms with Crippen LogP contribution in [0.2, 0.25) is 5.02 Å². The minimum atomic E-state index is -0.121. The van der Waals surface area contributed by atoms with E-state index < -0.39 is 0 Å². The second-order valence-electron chi connectivity index (χ2n) is 11.5. The van der Waals surface area contributed by atoms with E-state index in [0.717, 1.165) is 47.7 Å².